The molecule has 0 spiro atoms. The number of rotatable bonds is 5. The van der Waals surface area contributed by atoms with Crippen LogP contribution in [-0.4, -0.2) is 26.1 Å². The minimum absolute atomic E-state index is 0. The maximum Gasteiger partial charge on any atom is 0.224 e. The highest BCUT2D eigenvalue weighted by molar-refractivity contribution is 5.91. The van der Waals surface area contributed by atoms with Crippen LogP contribution in [0, 0.1) is 11.8 Å². The topological polar surface area (TPSA) is 50.4 Å². The largest absolute Gasteiger partial charge is 0.497 e. The van der Waals surface area contributed by atoms with Gasteiger partial charge in [0.15, 0.2) is 0 Å². The normalized spacial score (nSPS) is 16.7. The molecule has 0 aromatic heterocycles. The van der Waals surface area contributed by atoms with E-state index in [2.05, 4.69) is 17.6 Å². The van der Waals surface area contributed by atoms with Crippen molar-refractivity contribution in [1.29, 1.82) is 0 Å². The van der Waals surface area contributed by atoms with Crippen molar-refractivity contribution in [3.05, 3.63) is 24.3 Å². The number of methoxy groups -OCH3 is 1. The Bertz CT molecular complexity index is 448. The molecule has 1 aromatic carbocycles. The van der Waals surface area contributed by atoms with Crippen molar-refractivity contribution >= 4 is 24.0 Å². The maximum atomic E-state index is 12.1. The first-order chi connectivity index (χ1) is 9.69. The van der Waals surface area contributed by atoms with E-state index in [1.807, 2.05) is 24.3 Å². The number of amides is 1. The first-order valence-electron chi connectivity index (χ1n) is 7.33. The van der Waals surface area contributed by atoms with Crippen LogP contribution in [0.1, 0.15) is 26.2 Å². The summed E-state index contributed by atoms with van der Waals surface area (Å²) in [6, 6.07) is 7.47. The van der Waals surface area contributed by atoms with Gasteiger partial charge >= 0.3 is 0 Å². The van der Waals surface area contributed by atoms with Gasteiger partial charge in [-0.1, -0.05) is 13.0 Å². The Kier molecular flexibility index (Phi) is 7.54. The summed E-state index contributed by atoms with van der Waals surface area (Å²) in [5, 5.41) is 6.31. The molecule has 0 radical (unpaired) electrons. The van der Waals surface area contributed by atoms with Crippen molar-refractivity contribution in [1.82, 2.24) is 5.32 Å². The molecule has 1 amide bonds. The molecule has 1 saturated heterocycles. The van der Waals surface area contributed by atoms with E-state index in [1.165, 1.54) is 12.8 Å². The number of carbonyl (C=O) groups excluding carboxylic acids is 1. The van der Waals surface area contributed by atoms with E-state index in [4.69, 9.17) is 4.74 Å². The zero-order valence-electron chi connectivity index (χ0n) is 12.7. The molecule has 1 atom stereocenters. The van der Waals surface area contributed by atoms with E-state index in [0.29, 0.717) is 18.3 Å². The van der Waals surface area contributed by atoms with Gasteiger partial charge < -0.3 is 15.4 Å². The first-order valence-corrected chi connectivity index (χ1v) is 7.33. The third kappa shape index (κ3) is 5.56. The Labute approximate surface area is 133 Å². The number of hydrogen-bond donors (Lipinski definition) is 2. The van der Waals surface area contributed by atoms with Crippen molar-refractivity contribution in [3.8, 4) is 5.75 Å². The maximum absolute atomic E-state index is 12.1. The molecule has 1 heterocycles. The van der Waals surface area contributed by atoms with Crippen LogP contribution in [0.4, 0.5) is 5.69 Å². The van der Waals surface area contributed by atoms with Gasteiger partial charge in [0, 0.05) is 18.2 Å². The number of anilines is 1. The van der Waals surface area contributed by atoms with Crippen molar-refractivity contribution in [2.24, 2.45) is 11.8 Å². The van der Waals surface area contributed by atoms with Gasteiger partial charge in [-0.25, -0.2) is 0 Å². The van der Waals surface area contributed by atoms with Crippen LogP contribution < -0.4 is 15.4 Å². The molecule has 0 saturated carbocycles. The second-order valence-electron chi connectivity index (χ2n) is 5.55. The van der Waals surface area contributed by atoms with Crippen molar-refractivity contribution in [3.63, 3.8) is 0 Å². The summed E-state index contributed by atoms with van der Waals surface area (Å²) in [4.78, 5) is 12.1. The van der Waals surface area contributed by atoms with E-state index in [9.17, 15) is 4.79 Å². The average Bonchev–Trinajstić information content (AvgIpc) is 2.48. The van der Waals surface area contributed by atoms with E-state index in [1.54, 1.807) is 7.11 Å². The van der Waals surface area contributed by atoms with Gasteiger partial charge in [-0.05, 0) is 49.9 Å². The number of nitrogens with one attached hydrogen (secondary N) is 2. The molecule has 21 heavy (non-hydrogen) atoms. The van der Waals surface area contributed by atoms with Crippen LogP contribution in [0.3, 0.4) is 0 Å². The third-order valence-electron chi connectivity index (χ3n) is 4.05. The van der Waals surface area contributed by atoms with E-state index >= 15 is 0 Å². The lowest BCUT2D eigenvalue weighted by molar-refractivity contribution is -0.117. The first kappa shape index (κ1) is 17.8. The Balaban J connectivity index is 0.00000220. The molecule has 1 aliphatic rings. The standard InChI is InChI=1S/C16H24N2O2.ClH/c1-12(13-6-8-17-9-7-13)10-16(19)18-14-4-3-5-15(11-14)20-2;/h3-5,11-13,17H,6-10H2,1-2H3,(H,18,19);1H. The quantitative estimate of drug-likeness (QED) is 0.878. The summed E-state index contributed by atoms with van der Waals surface area (Å²) < 4.78 is 5.15. The molecule has 2 rings (SSSR count). The minimum Gasteiger partial charge on any atom is -0.497 e. The van der Waals surface area contributed by atoms with E-state index < -0.39 is 0 Å². The van der Waals surface area contributed by atoms with Crippen LogP contribution in [0.25, 0.3) is 0 Å². The van der Waals surface area contributed by atoms with Gasteiger partial charge in [0.1, 0.15) is 5.75 Å². The molecule has 4 nitrogen and oxygen atoms in total. The highest BCUT2D eigenvalue weighted by Crippen LogP contribution is 2.25. The SMILES string of the molecule is COc1cccc(NC(=O)CC(C)C2CCNCC2)c1.Cl. The molecule has 1 aromatic rings. The van der Waals surface area contributed by atoms with Gasteiger partial charge in [0.05, 0.1) is 7.11 Å². The lowest BCUT2D eigenvalue weighted by Gasteiger charge is -2.27. The van der Waals surface area contributed by atoms with E-state index in [0.717, 1.165) is 24.5 Å². The number of ether oxygens (including phenoxy) is 1. The Morgan fingerprint density at radius 2 is 2.14 bits per heavy atom. The van der Waals surface area contributed by atoms with Gasteiger partial charge in [0.25, 0.3) is 0 Å². The minimum atomic E-state index is 0. The Hall–Kier alpha value is -1.26. The molecular formula is C16H25ClN2O2. The predicted octanol–water partition coefficient (Wildman–Crippen LogP) is 3.08. The average molecular weight is 313 g/mol. The fraction of sp³-hybridized carbons (Fsp3) is 0.562. The van der Waals surface area contributed by atoms with Crippen molar-refractivity contribution in [2.75, 3.05) is 25.5 Å². The summed E-state index contributed by atoms with van der Waals surface area (Å²) in [5.41, 5.74) is 0.798. The summed E-state index contributed by atoms with van der Waals surface area (Å²) in [5.74, 6) is 1.94. The number of carbonyl (C=O) groups is 1. The molecule has 5 heteroatoms. The van der Waals surface area contributed by atoms with Crippen molar-refractivity contribution in [2.45, 2.75) is 26.2 Å². The van der Waals surface area contributed by atoms with Gasteiger partial charge in [-0.3, -0.25) is 4.79 Å². The summed E-state index contributed by atoms with van der Waals surface area (Å²) in [6.07, 6.45) is 2.93. The van der Waals surface area contributed by atoms with Crippen LogP contribution in [0.15, 0.2) is 24.3 Å². The van der Waals surface area contributed by atoms with Crippen LogP contribution >= 0.6 is 12.4 Å². The zero-order chi connectivity index (χ0) is 14.4. The molecule has 118 valence electrons. The number of hydrogen-bond acceptors (Lipinski definition) is 3. The van der Waals surface area contributed by atoms with Gasteiger partial charge in [0.2, 0.25) is 5.91 Å². The Morgan fingerprint density at radius 1 is 1.43 bits per heavy atom. The molecule has 2 N–H and O–H groups in total. The van der Waals surface area contributed by atoms with Gasteiger partial charge in [-0.2, -0.15) is 0 Å². The number of piperidine rings is 1. The number of halogens is 1. The summed E-state index contributed by atoms with van der Waals surface area (Å²) in [6.45, 7) is 4.33. The Morgan fingerprint density at radius 3 is 2.81 bits per heavy atom. The van der Waals surface area contributed by atoms with Crippen LogP contribution in [-0.2, 0) is 4.79 Å². The monoisotopic (exact) mass is 312 g/mol. The summed E-state index contributed by atoms with van der Waals surface area (Å²) >= 11 is 0. The highest BCUT2D eigenvalue weighted by atomic mass is 35.5. The molecule has 1 unspecified atom stereocenters. The molecule has 1 fully saturated rings. The second kappa shape index (κ2) is 8.90. The highest BCUT2D eigenvalue weighted by Gasteiger charge is 2.21. The van der Waals surface area contributed by atoms with Gasteiger partial charge in [-0.15, -0.1) is 12.4 Å². The smallest absolute Gasteiger partial charge is 0.224 e. The fourth-order valence-corrected chi connectivity index (χ4v) is 2.79. The van der Waals surface area contributed by atoms with Crippen LogP contribution in [0.5, 0.6) is 5.75 Å². The zero-order valence-corrected chi connectivity index (χ0v) is 13.5. The molecule has 0 bridgehead atoms. The van der Waals surface area contributed by atoms with E-state index in [-0.39, 0.29) is 18.3 Å². The third-order valence-corrected chi connectivity index (χ3v) is 4.05. The van der Waals surface area contributed by atoms with Crippen LogP contribution in [0.2, 0.25) is 0 Å². The second-order valence-corrected chi connectivity index (χ2v) is 5.55. The molecule has 1 aliphatic heterocycles. The molecule has 0 aliphatic carbocycles. The molecular weight excluding hydrogens is 288 g/mol. The fourth-order valence-electron chi connectivity index (χ4n) is 2.79. The number of benzene rings is 1. The predicted molar refractivity (Wildman–Crippen MR) is 88.2 cm³/mol. The lowest BCUT2D eigenvalue weighted by Crippen LogP contribution is -2.32. The summed E-state index contributed by atoms with van der Waals surface area (Å²) in [7, 11) is 1.63. The van der Waals surface area contributed by atoms with Crippen molar-refractivity contribution < 1.29 is 9.53 Å². The lowest BCUT2D eigenvalue weighted by atomic mass is 9.84.